The molecule has 0 aliphatic rings. The molecule has 0 aliphatic carbocycles. The second kappa shape index (κ2) is 9.34. The van der Waals surface area contributed by atoms with E-state index in [0.717, 1.165) is 0 Å². The van der Waals surface area contributed by atoms with Crippen LogP contribution in [-0.4, -0.2) is 34.9 Å². The Morgan fingerprint density at radius 1 is 1.05 bits per heavy atom. The zero-order valence-electron chi connectivity index (χ0n) is 13.5. The summed E-state index contributed by atoms with van der Waals surface area (Å²) in [5, 5.41) is 9.04. The summed E-state index contributed by atoms with van der Waals surface area (Å²) in [5.74, 6) is -0.883. The highest BCUT2D eigenvalue weighted by Crippen LogP contribution is 2.08. The molecule has 5 nitrogen and oxygen atoms in total. The van der Waals surface area contributed by atoms with Crippen molar-refractivity contribution in [1.29, 1.82) is 0 Å². The molecule has 0 aliphatic heterocycles. The predicted octanol–water partition coefficient (Wildman–Crippen LogP) is 2.53. The van der Waals surface area contributed by atoms with Crippen LogP contribution in [0.25, 0.3) is 0 Å². The van der Waals surface area contributed by atoms with Gasteiger partial charge in [-0.15, -0.1) is 0 Å². The fraction of sp³-hybridized carbons (Fsp3) is 0.625. The molecule has 0 aromatic heterocycles. The maximum atomic E-state index is 11.4. The molecule has 1 N–H and O–H groups in total. The van der Waals surface area contributed by atoms with Crippen LogP contribution in [0.15, 0.2) is 24.3 Å². The summed E-state index contributed by atoms with van der Waals surface area (Å²) >= 11 is 0. The first-order valence-electron chi connectivity index (χ1n) is 7.05. The number of hydrogen-bond donors (Lipinski definition) is 1. The Labute approximate surface area is 126 Å². The van der Waals surface area contributed by atoms with Crippen molar-refractivity contribution in [3.05, 3.63) is 24.3 Å². The van der Waals surface area contributed by atoms with E-state index >= 15 is 0 Å². The van der Waals surface area contributed by atoms with Crippen LogP contribution in [-0.2, 0) is 19.1 Å². The van der Waals surface area contributed by atoms with Crippen LogP contribution in [0.3, 0.4) is 0 Å². The molecule has 5 heteroatoms. The summed E-state index contributed by atoms with van der Waals surface area (Å²) < 4.78 is 10.2. The van der Waals surface area contributed by atoms with Crippen LogP contribution in [0.5, 0.6) is 0 Å². The molecular formula is C16H26O5. The van der Waals surface area contributed by atoms with E-state index in [1.54, 1.807) is 46.8 Å². The minimum atomic E-state index is -0.520. The molecule has 0 unspecified atom stereocenters. The van der Waals surface area contributed by atoms with Gasteiger partial charge in [0, 0.05) is 18.6 Å². The lowest BCUT2D eigenvalue weighted by molar-refractivity contribution is -0.148. The average molecular weight is 298 g/mol. The third-order valence-corrected chi connectivity index (χ3v) is 2.18. The molecule has 0 saturated heterocycles. The maximum Gasteiger partial charge on any atom is 0.330 e. The highest BCUT2D eigenvalue weighted by Gasteiger charge is 2.14. The highest BCUT2D eigenvalue weighted by molar-refractivity contribution is 5.82. The largest absolute Gasteiger partial charge is 0.459 e. The lowest BCUT2D eigenvalue weighted by atomic mass is 10.2. The quantitative estimate of drug-likeness (QED) is 0.577. The van der Waals surface area contributed by atoms with Gasteiger partial charge in [-0.25, -0.2) is 9.59 Å². The van der Waals surface area contributed by atoms with Crippen LogP contribution < -0.4 is 0 Å². The van der Waals surface area contributed by atoms with E-state index < -0.39 is 23.6 Å². The first kappa shape index (κ1) is 19.4. The van der Waals surface area contributed by atoms with Gasteiger partial charge in [0.25, 0.3) is 0 Å². The molecule has 0 rings (SSSR count). The van der Waals surface area contributed by atoms with E-state index in [1.165, 1.54) is 12.2 Å². The van der Waals surface area contributed by atoms with Crippen molar-refractivity contribution in [1.82, 2.24) is 0 Å². The monoisotopic (exact) mass is 298 g/mol. The van der Waals surface area contributed by atoms with Crippen LogP contribution in [0, 0.1) is 0 Å². The van der Waals surface area contributed by atoms with Crippen molar-refractivity contribution < 1.29 is 24.2 Å². The molecule has 0 spiro atoms. The van der Waals surface area contributed by atoms with Crippen molar-refractivity contribution in [2.75, 3.05) is 0 Å². The zero-order chi connectivity index (χ0) is 16.5. The van der Waals surface area contributed by atoms with Gasteiger partial charge in [0.05, 0.1) is 6.10 Å². The number of ether oxygens (including phenoxy) is 2. The van der Waals surface area contributed by atoms with Crippen LogP contribution in [0.1, 0.15) is 47.5 Å². The van der Waals surface area contributed by atoms with Gasteiger partial charge in [0.2, 0.25) is 0 Å². The summed E-state index contributed by atoms with van der Waals surface area (Å²) in [6.45, 7) is 8.76. The Hall–Kier alpha value is -1.62. The Bertz CT molecular complexity index is 388. The smallest absolute Gasteiger partial charge is 0.330 e. The molecule has 2 atom stereocenters. The fourth-order valence-corrected chi connectivity index (χ4v) is 1.34. The Morgan fingerprint density at radius 2 is 1.57 bits per heavy atom. The number of carbonyl (C=O) groups is 2. The van der Waals surface area contributed by atoms with Gasteiger partial charge < -0.3 is 14.6 Å². The van der Waals surface area contributed by atoms with Crippen molar-refractivity contribution in [3.8, 4) is 0 Å². The second-order valence-electron chi connectivity index (χ2n) is 5.91. The zero-order valence-corrected chi connectivity index (χ0v) is 13.5. The first-order valence-corrected chi connectivity index (χ1v) is 7.05. The first-order chi connectivity index (χ1) is 9.60. The van der Waals surface area contributed by atoms with Gasteiger partial charge >= 0.3 is 11.9 Å². The molecule has 21 heavy (non-hydrogen) atoms. The number of carbonyl (C=O) groups excluding carboxylic acids is 2. The van der Waals surface area contributed by atoms with E-state index in [2.05, 4.69) is 0 Å². The SMILES string of the molecule is C[C@H](O)CC=CC(=O)O[C@@H](C)CC=CC(=O)OC(C)(C)C. The van der Waals surface area contributed by atoms with Gasteiger partial charge in [-0.2, -0.15) is 0 Å². The summed E-state index contributed by atoms with van der Waals surface area (Å²) in [7, 11) is 0. The fourth-order valence-electron chi connectivity index (χ4n) is 1.34. The second-order valence-corrected chi connectivity index (χ2v) is 5.91. The minimum absolute atomic E-state index is 0.340. The Kier molecular flexibility index (Phi) is 8.62. The van der Waals surface area contributed by atoms with Gasteiger partial charge in [0.1, 0.15) is 11.7 Å². The van der Waals surface area contributed by atoms with Crippen LogP contribution in [0.2, 0.25) is 0 Å². The molecule has 0 amide bonds. The molecule has 0 fully saturated rings. The van der Waals surface area contributed by atoms with Crippen LogP contribution in [0.4, 0.5) is 0 Å². The predicted molar refractivity (Wildman–Crippen MR) is 80.6 cm³/mol. The van der Waals surface area contributed by atoms with E-state index in [1.807, 2.05) is 0 Å². The number of rotatable bonds is 7. The van der Waals surface area contributed by atoms with Crippen molar-refractivity contribution in [2.24, 2.45) is 0 Å². The molecule has 0 heterocycles. The molecule has 0 aromatic carbocycles. The normalized spacial score (nSPS) is 15.1. The number of hydrogen-bond acceptors (Lipinski definition) is 5. The number of aliphatic hydroxyl groups excluding tert-OH is 1. The van der Waals surface area contributed by atoms with Gasteiger partial charge in [0.15, 0.2) is 0 Å². The van der Waals surface area contributed by atoms with E-state index in [9.17, 15) is 9.59 Å². The molecule has 120 valence electrons. The summed E-state index contributed by atoms with van der Waals surface area (Å²) in [6.07, 6.45) is 5.81. The van der Waals surface area contributed by atoms with Crippen LogP contribution >= 0.6 is 0 Å². The van der Waals surface area contributed by atoms with E-state index in [-0.39, 0.29) is 6.10 Å². The third kappa shape index (κ3) is 13.1. The Morgan fingerprint density at radius 3 is 2.10 bits per heavy atom. The van der Waals surface area contributed by atoms with Gasteiger partial charge in [-0.05, 0) is 41.0 Å². The van der Waals surface area contributed by atoms with Crippen molar-refractivity contribution >= 4 is 11.9 Å². The molecule has 0 radical (unpaired) electrons. The highest BCUT2D eigenvalue weighted by atomic mass is 16.6. The molecular weight excluding hydrogens is 272 g/mol. The topological polar surface area (TPSA) is 72.8 Å². The van der Waals surface area contributed by atoms with E-state index in [0.29, 0.717) is 12.8 Å². The molecule has 0 aromatic rings. The van der Waals surface area contributed by atoms with Gasteiger partial charge in [-0.3, -0.25) is 0 Å². The maximum absolute atomic E-state index is 11.4. The minimum Gasteiger partial charge on any atom is -0.459 e. The van der Waals surface area contributed by atoms with Crippen molar-refractivity contribution in [3.63, 3.8) is 0 Å². The van der Waals surface area contributed by atoms with E-state index in [4.69, 9.17) is 14.6 Å². The lowest BCUT2D eigenvalue weighted by Gasteiger charge is -2.18. The summed E-state index contributed by atoms with van der Waals surface area (Å²) in [4.78, 5) is 22.8. The van der Waals surface area contributed by atoms with Crippen molar-refractivity contribution in [2.45, 2.75) is 65.3 Å². The number of aliphatic hydroxyl groups is 1. The molecule has 0 bridgehead atoms. The Balaban J connectivity index is 4.04. The lowest BCUT2D eigenvalue weighted by Crippen LogP contribution is -2.22. The standard InChI is InChI=1S/C16H26O5/c1-12(17)8-6-10-14(18)20-13(2)9-7-11-15(19)21-16(3,4)5/h6-7,10-13,17H,8-9H2,1-5H3/t12-,13-/m0/s1. The average Bonchev–Trinajstić information content (AvgIpc) is 2.25. The summed E-state index contributed by atoms with van der Waals surface area (Å²) in [5.41, 5.74) is -0.520. The number of esters is 2. The third-order valence-electron chi connectivity index (χ3n) is 2.18. The van der Waals surface area contributed by atoms with Gasteiger partial charge in [-0.1, -0.05) is 12.2 Å². The summed E-state index contributed by atoms with van der Waals surface area (Å²) in [6, 6.07) is 0. The molecule has 0 saturated carbocycles.